The van der Waals surface area contributed by atoms with Crippen LogP contribution in [0.2, 0.25) is 0 Å². The summed E-state index contributed by atoms with van der Waals surface area (Å²) in [6.45, 7) is 5.93. The summed E-state index contributed by atoms with van der Waals surface area (Å²) in [7, 11) is 0. The molecule has 2 N–H and O–H groups in total. The molecule has 1 unspecified atom stereocenters. The molecule has 0 saturated carbocycles. The molecule has 0 aliphatic heterocycles. The monoisotopic (exact) mass is 320 g/mol. The van der Waals surface area contributed by atoms with Crippen LogP contribution < -0.4 is 5.32 Å². The number of fused-ring (bicyclic) bond motifs is 1. The zero-order valence-corrected chi connectivity index (χ0v) is 14.2. The number of benzene rings is 1. The fraction of sp³-hybridized carbons (Fsp3) is 0.529. The van der Waals surface area contributed by atoms with Gasteiger partial charge in [-0.05, 0) is 37.8 Å². The minimum atomic E-state index is -0.858. The summed E-state index contributed by atoms with van der Waals surface area (Å²) in [5, 5.41) is 14.0. The van der Waals surface area contributed by atoms with E-state index < -0.39 is 5.60 Å². The van der Waals surface area contributed by atoms with Gasteiger partial charge in [0.05, 0.1) is 20.8 Å². The topological polar surface area (TPSA) is 62.2 Å². The molecule has 2 aromatic rings. The first kappa shape index (κ1) is 16.9. The van der Waals surface area contributed by atoms with Crippen LogP contribution in [-0.4, -0.2) is 28.1 Å². The number of amides is 1. The maximum absolute atomic E-state index is 11.8. The Morgan fingerprint density at radius 3 is 2.82 bits per heavy atom. The fourth-order valence-electron chi connectivity index (χ4n) is 2.00. The molecule has 1 aromatic heterocycles. The van der Waals surface area contributed by atoms with Crippen LogP contribution in [-0.2, 0) is 11.2 Å². The second-order valence-electron chi connectivity index (χ2n) is 6.22. The van der Waals surface area contributed by atoms with Crippen molar-refractivity contribution in [2.24, 2.45) is 5.92 Å². The van der Waals surface area contributed by atoms with E-state index >= 15 is 0 Å². The molecule has 5 heteroatoms. The fourth-order valence-corrected chi connectivity index (χ4v) is 3.01. The molecule has 1 amide bonds. The van der Waals surface area contributed by atoms with Gasteiger partial charge in [-0.2, -0.15) is 0 Å². The lowest BCUT2D eigenvalue weighted by atomic mass is 9.92. The van der Waals surface area contributed by atoms with Crippen LogP contribution in [0, 0.1) is 5.92 Å². The van der Waals surface area contributed by atoms with Gasteiger partial charge < -0.3 is 10.4 Å². The third-order valence-corrected chi connectivity index (χ3v) is 5.12. The lowest BCUT2D eigenvalue weighted by Crippen LogP contribution is -2.44. The van der Waals surface area contributed by atoms with E-state index in [0.717, 1.165) is 23.4 Å². The van der Waals surface area contributed by atoms with Crippen molar-refractivity contribution < 1.29 is 9.90 Å². The molecule has 4 nitrogen and oxygen atoms in total. The van der Waals surface area contributed by atoms with Gasteiger partial charge in [0.2, 0.25) is 5.91 Å². The largest absolute Gasteiger partial charge is 0.388 e. The maximum Gasteiger partial charge on any atom is 0.220 e. The molecule has 0 aliphatic rings. The summed E-state index contributed by atoms with van der Waals surface area (Å²) in [5.41, 5.74) is 0.169. The zero-order chi connectivity index (χ0) is 16.2. The molecule has 2 rings (SSSR count). The number of aromatic nitrogens is 1. The van der Waals surface area contributed by atoms with Crippen LogP contribution in [0.1, 0.15) is 38.6 Å². The molecule has 1 aromatic carbocycles. The average Bonchev–Trinajstić information content (AvgIpc) is 2.87. The number of carbonyl (C=O) groups is 1. The number of thiazole rings is 1. The Balaban J connectivity index is 1.75. The van der Waals surface area contributed by atoms with Crippen LogP contribution in [0.4, 0.5) is 0 Å². The second-order valence-corrected chi connectivity index (χ2v) is 7.33. The number of hydrogen-bond donors (Lipinski definition) is 2. The van der Waals surface area contributed by atoms with Crippen LogP contribution in [0.5, 0.6) is 0 Å². The average molecular weight is 320 g/mol. The van der Waals surface area contributed by atoms with Crippen molar-refractivity contribution in [1.29, 1.82) is 0 Å². The van der Waals surface area contributed by atoms with E-state index in [2.05, 4.69) is 16.4 Å². The molecular formula is C17H24N2O2S. The lowest BCUT2D eigenvalue weighted by Gasteiger charge is -2.27. The highest BCUT2D eigenvalue weighted by Crippen LogP contribution is 2.22. The Bertz CT molecular complexity index is 601. The van der Waals surface area contributed by atoms with Crippen molar-refractivity contribution in [1.82, 2.24) is 10.3 Å². The molecule has 0 fully saturated rings. The van der Waals surface area contributed by atoms with Gasteiger partial charge in [-0.1, -0.05) is 26.0 Å². The Morgan fingerprint density at radius 1 is 1.41 bits per heavy atom. The van der Waals surface area contributed by atoms with E-state index in [-0.39, 0.29) is 11.8 Å². The van der Waals surface area contributed by atoms with Gasteiger partial charge in [0.25, 0.3) is 0 Å². The van der Waals surface area contributed by atoms with Gasteiger partial charge in [-0.15, -0.1) is 11.3 Å². The van der Waals surface area contributed by atoms with Crippen LogP contribution in [0.25, 0.3) is 10.2 Å². The van der Waals surface area contributed by atoms with Gasteiger partial charge in [0.15, 0.2) is 0 Å². The number of nitrogens with zero attached hydrogens (tertiary/aromatic N) is 1. The summed E-state index contributed by atoms with van der Waals surface area (Å²) >= 11 is 1.69. The minimum Gasteiger partial charge on any atom is -0.388 e. The SMILES string of the molecule is CC(C)C(C)(O)CNC(=O)CCCc1nc2ccccc2s1. The van der Waals surface area contributed by atoms with Crippen molar-refractivity contribution in [3.05, 3.63) is 29.3 Å². The second kappa shape index (κ2) is 7.20. The Kier molecular flexibility index (Phi) is 5.53. The Morgan fingerprint density at radius 2 is 2.14 bits per heavy atom. The number of carbonyl (C=O) groups excluding carboxylic acids is 1. The lowest BCUT2D eigenvalue weighted by molar-refractivity contribution is -0.122. The first-order valence-corrected chi connectivity index (χ1v) is 8.53. The highest BCUT2D eigenvalue weighted by molar-refractivity contribution is 7.18. The summed E-state index contributed by atoms with van der Waals surface area (Å²) < 4.78 is 1.19. The highest BCUT2D eigenvalue weighted by atomic mass is 32.1. The first-order valence-electron chi connectivity index (χ1n) is 7.72. The Hall–Kier alpha value is -1.46. The van der Waals surface area contributed by atoms with E-state index in [1.54, 1.807) is 18.3 Å². The third kappa shape index (κ3) is 4.52. The molecule has 0 saturated heterocycles. The van der Waals surface area contributed by atoms with Gasteiger partial charge in [0.1, 0.15) is 0 Å². The van der Waals surface area contributed by atoms with E-state index in [9.17, 15) is 9.90 Å². The quantitative estimate of drug-likeness (QED) is 0.824. The molecule has 120 valence electrons. The van der Waals surface area contributed by atoms with Gasteiger partial charge in [-0.25, -0.2) is 4.98 Å². The van der Waals surface area contributed by atoms with E-state index in [4.69, 9.17) is 0 Å². The summed E-state index contributed by atoms with van der Waals surface area (Å²) in [4.78, 5) is 16.4. The van der Waals surface area contributed by atoms with Crippen molar-refractivity contribution in [2.45, 2.75) is 45.6 Å². The smallest absolute Gasteiger partial charge is 0.220 e. The van der Waals surface area contributed by atoms with Gasteiger partial charge >= 0.3 is 0 Å². The third-order valence-electron chi connectivity index (χ3n) is 4.02. The predicted octanol–water partition coefficient (Wildman–Crippen LogP) is 3.14. The molecule has 0 radical (unpaired) electrons. The highest BCUT2D eigenvalue weighted by Gasteiger charge is 2.25. The van der Waals surface area contributed by atoms with Crippen LogP contribution >= 0.6 is 11.3 Å². The number of para-hydroxylation sites is 1. The van der Waals surface area contributed by atoms with Crippen molar-refractivity contribution in [3.63, 3.8) is 0 Å². The summed E-state index contributed by atoms with van der Waals surface area (Å²) in [6.07, 6.45) is 2.05. The van der Waals surface area contributed by atoms with E-state index in [1.165, 1.54) is 4.70 Å². The van der Waals surface area contributed by atoms with E-state index in [0.29, 0.717) is 13.0 Å². The van der Waals surface area contributed by atoms with Gasteiger partial charge in [0, 0.05) is 13.0 Å². The number of aliphatic hydroxyl groups is 1. The normalized spacial score (nSPS) is 14.2. The standard InChI is InChI=1S/C17H24N2O2S/c1-12(2)17(3,21)11-18-15(20)9-6-10-16-19-13-7-4-5-8-14(13)22-16/h4-5,7-8,12,21H,6,9-11H2,1-3H3,(H,18,20). The molecule has 0 spiro atoms. The van der Waals surface area contributed by atoms with Crippen molar-refractivity contribution in [3.8, 4) is 0 Å². The number of hydrogen-bond acceptors (Lipinski definition) is 4. The van der Waals surface area contributed by atoms with E-state index in [1.807, 2.05) is 32.0 Å². The number of nitrogens with one attached hydrogen (secondary N) is 1. The molecule has 0 aliphatic carbocycles. The number of aryl methyl sites for hydroxylation is 1. The summed E-state index contributed by atoms with van der Waals surface area (Å²) in [5.74, 6) is 0.0950. The Labute approximate surface area is 135 Å². The first-order chi connectivity index (χ1) is 10.4. The summed E-state index contributed by atoms with van der Waals surface area (Å²) in [6, 6.07) is 8.07. The van der Waals surface area contributed by atoms with Crippen molar-refractivity contribution >= 4 is 27.5 Å². The number of rotatable bonds is 7. The molecule has 0 bridgehead atoms. The molecule has 22 heavy (non-hydrogen) atoms. The minimum absolute atomic E-state index is 0.0120. The molecule has 1 heterocycles. The predicted molar refractivity (Wildman–Crippen MR) is 91.0 cm³/mol. The maximum atomic E-state index is 11.8. The van der Waals surface area contributed by atoms with Crippen LogP contribution in [0.3, 0.4) is 0 Å². The van der Waals surface area contributed by atoms with Crippen molar-refractivity contribution in [2.75, 3.05) is 6.54 Å². The molecular weight excluding hydrogens is 296 g/mol. The zero-order valence-electron chi connectivity index (χ0n) is 13.4. The van der Waals surface area contributed by atoms with Crippen LogP contribution in [0.15, 0.2) is 24.3 Å². The molecule has 1 atom stereocenters. The van der Waals surface area contributed by atoms with Gasteiger partial charge in [-0.3, -0.25) is 4.79 Å².